The van der Waals surface area contributed by atoms with Gasteiger partial charge in [0, 0.05) is 11.9 Å². The molecule has 3 N–H and O–H groups in total. The van der Waals surface area contributed by atoms with E-state index in [0.29, 0.717) is 16.3 Å². The SMILES string of the molecule is N#Cc1cccc(Nc2sc(C(=O)c3ccccn3)c(N)c2C#N)c1. The van der Waals surface area contributed by atoms with Gasteiger partial charge in [0.05, 0.1) is 17.3 Å². The van der Waals surface area contributed by atoms with Crippen molar-refractivity contribution in [2.75, 3.05) is 11.1 Å². The Bertz CT molecular complexity index is 1030. The summed E-state index contributed by atoms with van der Waals surface area (Å²) < 4.78 is 0. The van der Waals surface area contributed by atoms with Gasteiger partial charge in [0.25, 0.3) is 0 Å². The molecule has 0 saturated heterocycles. The van der Waals surface area contributed by atoms with Crippen LogP contribution in [0.1, 0.15) is 26.5 Å². The Hall–Kier alpha value is -3.68. The molecule has 0 spiro atoms. The number of hydrogen-bond donors (Lipinski definition) is 2. The fraction of sp³-hybridized carbons (Fsp3) is 0. The van der Waals surface area contributed by atoms with E-state index in [1.165, 1.54) is 6.20 Å². The zero-order chi connectivity index (χ0) is 17.8. The van der Waals surface area contributed by atoms with Crippen molar-refractivity contribution in [1.29, 1.82) is 10.5 Å². The quantitative estimate of drug-likeness (QED) is 0.700. The number of pyridine rings is 1. The fourth-order valence-corrected chi connectivity index (χ4v) is 3.26. The number of ketones is 1. The highest BCUT2D eigenvalue weighted by molar-refractivity contribution is 7.19. The predicted molar refractivity (Wildman–Crippen MR) is 95.6 cm³/mol. The molecule has 2 aromatic heterocycles. The van der Waals surface area contributed by atoms with Gasteiger partial charge in [0.2, 0.25) is 5.78 Å². The first-order chi connectivity index (χ1) is 12.1. The monoisotopic (exact) mass is 345 g/mol. The summed E-state index contributed by atoms with van der Waals surface area (Å²) in [7, 11) is 0. The molecule has 120 valence electrons. The van der Waals surface area contributed by atoms with Gasteiger partial charge in [0.15, 0.2) is 0 Å². The molecule has 0 radical (unpaired) electrons. The number of hydrogen-bond acceptors (Lipinski definition) is 7. The Labute approximate surface area is 147 Å². The standard InChI is InChI=1S/C18H11N5OS/c19-9-11-4-3-5-12(8-11)23-18-13(10-20)15(21)17(25-18)16(24)14-6-1-2-7-22-14/h1-8,23H,21H2. The number of nitrogens with one attached hydrogen (secondary N) is 1. The topological polar surface area (TPSA) is 116 Å². The Balaban J connectivity index is 2.00. The molecule has 3 rings (SSSR count). The highest BCUT2D eigenvalue weighted by Gasteiger charge is 2.23. The number of nitrogens with two attached hydrogens (primary N) is 1. The van der Waals surface area contributed by atoms with Crippen molar-refractivity contribution >= 4 is 33.5 Å². The van der Waals surface area contributed by atoms with E-state index in [1.807, 2.05) is 12.1 Å². The molecule has 7 heteroatoms. The van der Waals surface area contributed by atoms with Crippen molar-refractivity contribution in [2.24, 2.45) is 0 Å². The third-order valence-electron chi connectivity index (χ3n) is 3.41. The van der Waals surface area contributed by atoms with E-state index in [2.05, 4.69) is 10.3 Å². The summed E-state index contributed by atoms with van der Waals surface area (Å²) in [6, 6.07) is 15.9. The van der Waals surface area contributed by atoms with Crippen molar-refractivity contribution < 1.29 is 4.79 Å². The molecule has 0 aliphatic rings. The maximum Gasteiger partial charge on any atom is 0.223 e. The van der Waals surface area contributed by atoms with E-state index in [4.69, 9.17) is 11.0 Å². The summed E-state index contributed by atoms with van der Waals surface area (Å²) in [5.41, 5.74) is 7.72. The number of benzene rings is 1. The summed E-state index contributed by atoms with van der Waals surface area (Å²) in [6.07, 6.45) is 1.52. The molecule has 0 saturated carbocycles. The van der Waals surface area contributed by atoms with E-state index < -0.39 is 0 Å². The van der Waals surface area contributed by atoms with Gasteiger partial charge in [-0.3, -0.25) is 9.78 Å². The molecule has 0 aliphatic carbocycles. The van der Waals surface area contributed by atoms with Crippen LogP contribution in [0.5, 0.6) is 0 Å². The first-order valence-electron chi connectivity index (χ1n) is 7.19. The molecule has 0 fully saturated rings. The minimum Gasteiger partial charge on any atom is -0.396 e. The van der Waals surface area contributed by atoms with Gasteiger partial charge in [-0.1, -0.05) is 12.1 Å². The number of thiophene rings is 1. The lowest BCUT2D eigenvalue weighted by Gasteiger charge is -2.04. The van der Waals surface area contributed by atoms with Gasteiger partial charge in [-0.15, -0.1) is 11.3 Å². The first kappa shape index (κ1) is 16.2. The van der Waals surface area contributed by atoms with Crippen molar-refractivity contribution in [3.63, 3.8) is 0 Å². The second-order valence-electron chi connectivity index (χ2n) is 5.02. The van der Waals surface area contributed by atoms with Gasteiger partial charge in [-0.2, -0.15) is 10.5 Å². The number of aromatic nitrogens is 1. The highest BCUT2D eigenvalue weighted by Crippen LogP contribution is 2.38. The average Bonchev–Trinajstić information content (AvgIpc) is 2.97. The van der Waals surface area contributed by atoms with Gasteiger partial charge in [-0.25, -0.2) is 0 Å². The number of carbonyl (C=O) groups is 1. The zero-order valence-electron chi connectivity index (χ0n) is 12.9. The summed E-state index contributed by atoms with van der Waals surface area (Å²) >= 11 is 1.09. The van der Waals surface area contributed by atoms with E-state index in [-0.39, 0.29) is 27.6 Å². The second kappa shape index (κ2) is 6.83. The molecule has 0 bridgehead atoms. The third kappa shape index (κ3) is 3.18. The zero-order valence-corrected chi connectivity index (χ0v) is 13.7. The van der Waals surface area contributed by atoms with Gasteiger partial charge in [-0.05, 0) is 30.3 Å². The molecule has 25 heavy (non-hydrogen) atoms. The third-order valence-corrected chi connectivity index (χ3v) is 4.53. The van der Waals surface area contributed by atoms with E-state index in [9.17, 15) is 10.1 Å². The largest absolute Gasteiger partial charge is 0.396 e. The van der Waals surface area contributed by atoms with Gasteiger partial charge < -0.3 is 11.1 Å². The molecule has 0 amide bonds. The Kier molecular flexibility index (Phi) is 4.42. The van der Waals surface area contributed by atoms with Gasteiger partial charge in [0.1, 0.15) is 27.2 Å². The van der Waals surface area contributed by atoms with Crippen LogP contribution < -0.4 is 11.1 Å². The normalized spacial score (nSPS) is 9.84. The first-order valence-corrected chi connectivity index (χ1v) is 8.01. The highest BCUT2D eigenvalue weighted by atomic mass is 32.1. The van der Waals surface area contributed by atoms with E-state index >= 15 is 0 Å². The number of nitrogen functional groups attached to an aromatic ring is 1. The average molecular weight is 345 g/mol. The molecular formula is C18H11N5OS. The Morgan fingerprint density at radius 3 is 2.68 bits per heavy atom. The Morgan fingerprint density at radius 1 is 1.16 bits per heavy atom. The molecule has 0 aliphatic heterocycles. The number of nitriles is 2. The maximum atomic E-state index is 12.6. The van der Waals surface area contributed by atoms with Crippen molar-refractivity contribution in [2.45, 2.75) is 0 Å². The lowest BCUT2D eigenvalue weighted by molar-refractivity contribution is 0.103. The second-order valence-corrected chi connectivity index (χ2v) is 6.04. The number of nitrogens with zero attached hydrogens (tertiary/aromatic N) is 3. The van der Waals surface area contributed by atoms with Gasteiger partial charge >= 0.3 is 0 Å². The number of rotatable bonds is 4. The minimum atomic E-state index is -0.335. The molecule has 0 atom stereocenters. The predicted octanol–water partition coefficient (Wildman–Crippen LogP) is 3.44. The van der Waals surface area contributed by atoms with Crippen LogP contribution in [-0.2, 0) is 0 Å². The minimum absolute atomic E-state index is 0.127. The van der Waals surface area contributed by atoms with Crippen LogP contribution in [0.3, 0.4) is 0 Å². The van der Waals surface area contributed by atoms with Crippen LogP contribution in [0.2, 0.25) is 0 Å². The lowest BCUT2D eigenvalue weighted by atomic mass is 10.1. The van der Waals surface area contributed by atoms with E-state index in [0.717, 1.165) is 11.3 Å². The molecule has 2 heterocycles. The smallest absolute Gasteiger partial charge is 0.223 e. The van der Waals surface area contributed by atoms with Crippen LogP contribution >= 0.6 is 11.3 Å². The summed E-state index contributed by atoms with van der Waals surface area (Å²) in [5, 5.41) is 21.9. The summed E-state index contributed by atoms with van der Waals surface area (Å²) in [4.78, 5) is 16.9. The maximum absolute atomic E-state index is 12.6. The fourth-order valence-electron chi connectivity index (χ4n) is 2.22. The number of carbonyl (C=O) groups excluding carboxylic acids is 1. The molecule has 1 aromatic carbocycles. The van der Waals surface area contributed by atoms with E-state index in [1.54, 1.807) is 42.5 Å². The molecule has 0 unspecified atom stereocenters. The van der Waals surface area contributed by atoms with Crippen molar-refractivity contribution in [3.8, 4) is 12.1 Å². The lowest BCUT2D eigenvalue weighted by Crippen LogP contribution is -2.04. The summed E-state index contributed by atoms with van der Waals surface area (Å²) in [6.45, 7) is 0. The van der Waals surface area contributed by atoms with Crippen molar-refractivity contribution in [1.82, 2.24) is 4.98 Å². The van der Waals surface area contributed by atoms with Crippen LogP contribution in [0.4, 0.5) is 16.4 Å². The van der Waals surface area contributed by atoms with Crippen LogP contribution in [0, 0.1) is 22.7 Å². The van der Waals surface area contributed by atoms with Crippen molar-refractivity contribution in [3.05, 3.63) is 70.4 Å². The molecule has 6 nitrogen and oxygen atoms in total. The van der Waals surface area contributed by atoms with Crippen LogP contribution in [0.15, 0.2) is 48.7 Å². The molecular weight excluding hydrogens is 334 g/mol. The number of anilines is 3. The summed E-state index contributed by atoms with van der Waals surface area (Å²) in [5.74, 6) is -0.335. The van der Waals surface area contributed by atoms with Crippen LogP contribution in [0.25, 0.3) is 0 Å². The van der Waals surface area contributed by atoms with Crippen LogP contribution in [-0.4, -0.2) is 10.8 Å². The Morgan fingerprint density at radius 2 is 2.00 bits per heavy atom. The molecule has 3 aromatic rings.